The third-order valence-electron chi connectivity index (χ3n) is 5.16. The molecule has 7 heteroatoms. The molecule has 0 saturated carbocycles. The Labute approximate surface area is 170 Å². The lowest BCUT2D eigenvalue weighted by Gasteiger charge is -2.35. The number of carbonyl (C=O) groups excluding carboxylic acids is 1. The van der Waals surface area contributed by atoms with Gasteiger partial charge in [-0.15, -0.1) is 0 Å². The van der Waals surface area contributed by atoms with Crippen LogP contribution < -0.4 is 10.2 Å². The van der Waals surface area contributed by atoms with Gasteiger partial charge in [-0.2, -0.15) is 0 Å². The first kappa shape index (κ1) is 18.9. The van der Waals surface area contributed by atoms with Gasteiger partial charge in [0.15, 0.2) is 0 Å². The second-order valence-electron chi connectivity index (χ2n) is 7.15. The second kappa shape index (κ2) is 8.26. The van der Waals surface area contributed by atoms with Gasteiger partial charge in [-0.25, -0.2) is 15.0 Å². The molecule has 29 heavy (non-hydrogen) atoms. The van der Waals surface area contributed by atoms with Crippen LogP contribution in [0.5, 0.6) is 0 Å². The highest BCUT2D eigenvalue weighted by Crippen LogP contribution is 2.22. The van der Waals surface area contributed by atoms with Crippen LogP contribution in [0.3, 0.4) is 0 Å². The molecule has 3 heterocycles. The number of pyridine rings is 1. The van der Waals surface area contributed by atoms with Gasteiger partial charge in [0.1, 0.15) is 5.82 Å². The lowest BCUT2D eigenvalue weighted by atomic mass is 10.1. The molecule has 7 nitrogen and oxygen atoms in total. The second-order valence-corrected chi connectivity index (χ2v) is 7.15. The molecule has 0 radical (unpaired) electrons. The van der Waals surface area contributed by atoms with Crippen molar-refractivity contribution in [2.45, 2.75) is 13.8 Å². The first-order valence-corrected chi connectivity index (χ1v) is 9.72. The highest BCUT2D eigenvalue weighted by molar-refractivity contribution is 5.94. The number of benzene rings is 1. The number of hydrogen-bond acceptors (Lipinski definition) is 6. The van der Waals surface area contributed by atoms with Crippen LogP contribution in [-0.4, -0.2) is 51.9 Å². The average Bonchev–Trinajstić information content (AvgIpc) is 2.77. The van der Waals surface area contributed by atoms with Gasteiger partial charge in [0, 0.05) is 50.5 Å². The van der Waals surface area contributed by atoms with Gasteiger partial charge in [0.05, 0.1) is 5.56 Å². The smallest absolute Gasteiger partial charge is 0.257 e. The summed E-state index contributed by atoms with van der Waals surface area (Å²) in [5.41, 5.74) is 3.75. The molecule has 0 spiro atoms. The van der Waals surface area contributed by atoms with E-state index in [1.165, 1.54) is 0 Å². The van der Waals surface area contributed by atoms with E-state index in [-0.39, 0.29) is 5.91 Å². The van der Waals surface area contributed by atoms with Gasteiger partial charge in [0.25, 0.3) is 5.91 Å². The molecule has 1 aliphatic heterocycles. The quantitative estimate of drug-likeness (QED) is 0.740. The summed E-state index contributed by atoms with van der Waals surface area (Å²) in [7, 11) is 0. The summed E-state index contributed by atoms with van der Waals surface area (Å²) in [5, 5.41) is 3.25. The number of carbonyl (C=O) groups is 1. The first-order valence-electron chi connectivity index (χ1n) is 9.72. The number of aryl methyl sites for hydroxylation is 2. The van der Waals surface area contributed by atoms with Crippen molar-refractivity contribution in [2.75, 3.05) is 36.4 Å². The van der Waals surface area contributed by atoms with E-state index in [0.29, 0.717) is 24.6 Å². The minimum atomic E-state index is -0.0377. The highest BCUT2D eigenvalue weighted by Gasteiger charge is 2.23. The maximum atomic E-state index is 12.8. The zero-order valence-electron chi connectivity index (χ0n) is 16.7. The summed E-state index contributed by atoms with van der Waals surface area (Å²) in [6, 6.07) is 12.0. The predicted molar refractivity (Wildman–Crippen MR) is 114 cm³/mol. The van der Waals surface area contributed by atoms with Gasteiger partial charge in [-0.3, -0.25) is 4.79 Å². The van der Waals surface area contributed by atoms with E-state index in [1.54, 1.807) is 18.6 Å². The van der Waals surface area contributed by atoms with Crippen LogP contribution in [0.1, 0.15) is 21.5 Å². The number of aromatic nitrogens is 3. The van der Waals surface area contributed by atoms with E-state index in [9.17, 15) is 4.79 Å². The van der Waals surface area contributed by atoms with Crippen molar-refractivity contribution in [3.63, 3.8) is 0 Å². The standard InChI is InChI=1S/C22H24N6O/c1-16-6-5-7-17(2)20(16)26-22-24-14-18(15-25-22)21(29)28-12-10-27(11-13-28)19-8-3-4-9-23-19/h3-9,14-15H,10-13H2,1-2H3,(H,24,25,26). The molecular weight excluding hydrogens is 364 g/mol. The van der Waals surface area contributed by atoms with Crippen molar-refractivity contribution in [3.8, 4) is 0 Å². The average molecular weight is 388 g/mol. The lowest BCUT2D eigenvalue weighted by Crippen LogP contribution is -2.49. The Morgan fingerprint density at radius 1 is 0.897 bits per heavy atom. The Balaban J connectivity index is 1.39. The van der Waals surface area contributed by atoms with Crippen molar-refractivity contribution < 1.29 is 4.79 Å². The monoisotopic (exact) mass is 388 g/mol. The van der Waals surface area contributed by atoms with Crippen LogP contribution in [0.4, 0.5) is 17.5 Å². The van der Waals surface area contributed by atoms with E-state index >= 15 is 0 Å². The fraction of sp³-hybridized carbons (Fsp3) is 0.273. The third kappa shape index (κ3) is 4.18. The third-order valence-corrected chi connectivity index (χ3v) is 5.16. The zero-order chi connectivity index (χ0) is 20.2. The summed E-state index contributed by atoms with van der Waals surface area (Å²) >= 11 is 0. The molecule has 2 aromatic heterocycles. The maximum Gasteiger partial charge on any atom is 0.257 e. The van der Waals surface area contributed by atoms with Crippen LogP contribution in [-0.2, 0) is 0 Å². The molecule has 0 atom stereocenters. The Kier molecular flexibility index (Phi) is 5.37. The number of amides is 1. The summed E-state index contributed by atoms with van der Waals surface area (Å²) < 4.78 is 0. The molecule has 1 fully saturated rings. The molecule has 0 unspecified atom stereocenters. The number of anilines is 3. The number of rotatable bonds is 4. The van der Waals surface area contributed by atoms with Crippen molar-refractivity contribution >= 4 is 23.4 Å². The molecule has 1 aromatic carbocycles. The Bertz CT molecular complexity index is 962. The van der Waals surface area contributed by atoms with E-state index in [2.05, 4.69) is 25.2 Å². The summed E-state index contributed by atoms with van der Waals surface area (Å²) in [5.74, 6) is 1.40. The number of nitrogens with one attached hydrogen (secondary N) is 1. The van der Waals surface area contributed by atoms with Crippen LogP contribution in [0, 0.1) is 13.8 Å². The molecular formula is C22H24N6O. The van der Waals surface area contributed by atoms with Gasteiger partial charge in [0.2, 0.25) is 5.95 Å². The molecule has 4 rings (SSSR count). The van der Waals surface area contributed by atoms with E-state index in [0.717, 1.165) is 35.7 Å². The SMILES string of the molecule is Cc1cccc(C)c1Nc1ncc(C(=O)N2CCN(c3ccccn3)CC2)cn1. The fourth-order valence-electron chi connectivity index (χ4n) is 3.49. The first-order chi connectivity index (χ1) is 14.1. The normalized spacial score (nSPS) is 14.0. The lowest BCUT2D eigenvalue weighted by molar-refractivity contribution is 0.0745. The molecule has 148 valence electrons. The molecule has 1 N–H and O–H groups in total. The predicted octanol–water partition coefficient (Wildman–Crippen LogP) is 3.19. The van der Waals surface area contributed by atoms with E-state index in [4.69, 9.17) is 0 Å². The van der Waals surface area contributed by atoms with Gasteiger partial charge in [-0.05, 0) is 37.1 Å². The van der Waals surface area contributed by atoms with Gasteiger partial charge in [-0.1, -0.05) is 24.3 Å². The minimum absolute atomic E-state index is 0.0377. The van der Waals surface area contributed by atoms with E-state index in [1.807, 2.05) is 55.1 Å². The number of nitrogens with zero attached hydrogens (tertiary/aromatic N) is 5. The van der Waals surface area contributed by atoms with Gasteiger partial charge < -0.3 is 15.1 Å². The van der Waals surface area contributed by atoms with Crippen LogP contribution in [0.2, 0.25) is 0 Å². The number of para-hydroxylation sites is 1. The van der Waals surface area contributed by atoms with Crippen molar-refractivity contribution in [2.24, 2.45) is 0 Å². The molecule has 3 aromatic rings. The van der Waals surface area contributed by atoms with Crippen molar-refractivity contribution in [1.82, 2.24) is 19.9 Å². The minimum Gasteiger partial charge on any atom is -0.353 e. The molecule has 1 amide bonds. The number of hydrogen-bond donors (Lipinski definition) is 1. The summed E-state index contributed by atoms with van der Waals surface area (Å²) in [4.78, 5) is 29.9. The van der Waals surface area contributed by atoms with Crippen LogP contribution in [0.25, 0.3) is 0 Å². The highest BCUT2D eigenvalue weighted by atomic mass is 16.2. The van der Waals surface area contributed by atoms with Crippen molar-refractivity contribution in [1.29, 1.82) is 0 Å². The van der Waals surface area contributed by atoms with Crippen molar-refractivity contribution in [3.05, 3.63) is 71.7 Å². The Morgan fingerprint density at radius 3 is 2.21 bits per heavy atom. The Hall–Kier alpha value is -3.48. The summed E-state index contributed by atoms with van der Waals surface area (Å²) in [6.07, 6.45) is 4.98. The molecule has 0 aliphatic carbocycles. The molecule has 1 aliphatic rings. The number of piperazine rings is 1. The van der Waals surface area contributed by atoms with Crippen LogP contribution in [0.15, 0.2) is 55.0 Å². The maximum absolute atomic E-state index is 12.8. The zero-order valence-corrected chi connectivity index (χ0v) is 16.7. The largest absolute Gasteiger partial charge is 0.353 e. The topological polar surface area (TPSA) is 74.2 Å². The Morgan fingerprint density at radius 2 is 1.59 bits per heavy atom. The van der Waals surface area contributed by atoms with Crippen LogP contribution >= 0.6 is 0 Å². The fourth-order valence-corrected chi connectivity index (χ4v) is 3.49. The molecule has 1 saturated heterocycles. The van der Waals surface area contributed by atoms with Gasteiger partial charge >= 0.3 is 0 Å². The van der Waals surface area contributed by atoms with E-state index < -0.39 is 0 Å². The molecule has 0 bridgehead atoms. The summed E-state index contributed by atoms with van der Waals surface area (Å²) in [6.45, 7) is 6.90.